The minimum atomic E-state index is -0.924. The molecule has 4 fully saturated rings. The van der Waals surface area contributed by atoms with Crippen molar-refractivity contribution in [2.24, 2.45) is 56.7 Å². The standard InChI is InChI=1S/C31H50O4/c1-18-9-12-27(3)15-16-29(5)20(24(27)19(18)2)17-21(32)25-28(4)13-11-23(33)31(7,26(34)35-8)22(28)10-14-30(25,29)6/h17-19,21-25,32-33H,9-16H2,1-8H3/t18-,19+,21+,22-,23-,24+,25-,27-,28+,29-,30-,31-/m1/s1. The van der Waals surface area contributed by atoms with E-state index in [4.69, 9.17) is 4.74 Å². The van der Waals surface area contributed by atoms with Gasteiger partial charge in [0.05, 0.1) is 24.7 Å². The van der Waals surface area contributed by atoms with Crippen LogP contribution in [0.1, 0.15) is 99.8 Å². The van der Waals surface area contributed by atoms with Crippen LogP contribution in [0.15, 0.2) is 11.6 Å². The van der Waals surface area contributed by atoms with Crippen molar-refractivity contribution >= 4 is 5.97 Å². The van der Waals surface area contributed by atoms with Crippen LogP contribution in [0.4, 0.5) is 0 Å². The number of ether oxygens (including phenoxy) is 1. The van der Waals surface area contributed by atoms with E-state index in [0.29, 0.717) is 29.6 Å². The van der Waals surface area contributed by atoms with E-state index in [1.54, 1.807) is 5.57 Å². The smallest absolute Gasteiger partial charge is 0.314 e. The van der Waals surface area contributed by atoms with Crippen LogP contribution in [0.2, 0.25) is 0 Å². The molecule has 0 heterocycles. The van der Waals surface area contributed by atoms with E-state index in [9.17, 15) is 15.0 Å². The molecule has 4 heteroatoms. The number of allylic oxidation sites excluding steroid dienone is 1. The highest BCUT2D eigenvalue weighted by atomic mass is 16.5. The Balaban J connectivity index is 1.63. The molecule has 4 nitrogen and oxygen atoms in total. The van der Waals surface area contributed by atoms with Crippen molar-refractivity contribution in [1.29, 1.82) is 0 Å². The van der Waals surface area contributed by atoms with E-state index in [2.05, 4.69) is 47.6 Å². The predicted molar refractivity (Wildman–Crippen MR) is 138 cm³/mol. The van der Waals surface area contributed by atoms with Gasteiger partial charge in [0.25, 0.3) is 0 Å². The van der Waals surface area contributed by atoms with E-state index in [1.165, 1.54) is 32.8 Å². The molecule has 0 saturated heterocycles. The lowest BCUT2D eigenvalue weighted by Crippen LogP contribution is -2.68. The van der Waals surface area contributed by atoms with Crippen LogP contribution in [-0.4, -0.2) is 35.5 Å². The molecular weight excluding hydrogens is 436 g/mol. The van der Waals surface area contributed by atoms with Gasteiger partial charge in [-0.25, -0.2) is 0 Å². The van der Waals surface area contributed by atoms with Gasteiger partial charge < -0.3 is 14.9 Å². The first-order valence-corrected chi connectivity index (χ1v) is 14.4. The van der Waals surface area contributed by atoms with Gasteiger partial charge in [0.2, 0.25) is 0 Å². The van der Waals surface area contributed by atoms with Crippen molar-refractivity contribution in [1.82, 2.24) is 0 Å². The summed E-state index contributed by atoms with van der Waals surface area (Å²) in [6.07, 6.45) is 9.46. The second-order valence-corrected chi connectivity index (χ2v) is 14.8. The van der Waals surface area contributed by atoms with Gasteiger partial charge in [0.15, 0.2) is 0 Å². The number of aliphatic hydroxyl groups is 2. The van der Waals surface area contributed by atoms with E-state index in [-0.39, 0.29) is 34.1 Å². The van der Waals surface area contributed by atoms with Crippen LogP contribution in [0.5, 0.6) is 0 Å². The third kappa shape index (κ3) is 3.02. The van der Waals surface area contributed by atoms with Gasteiger partial charge in [-0.1, -0.05) is 53.2 Å². The molecule has 0 unspecified atom stereocenters. The molecular formula is C31H50O4. The van der Waals surface area contributed by atoms with Crippen LogP contribution in [0.25, 0.3) is 0 Å². The first kappa shape index (κ1) is 25.8. The van der Waals surface area contributed by atoms with Gasteiger partial charge in [0.1, 0.15) is 0 Å². The molecule has 35 heavy (non-hydrogen) atoms. The SMILES string of the molecule is COC(=O)[C@@]1(C)[C@H](O)CC[C@@]2(C)[C@H]1CC[C@]1(C)[C@@H]2[C@@H](O)C=C2[C@@H]3[C@@H](C)[C@H](C)CC[C@]3(C)CC[C@]21C. The summed E-state index contributed by atoms with van der Waals surface area (Å²) < 4.78 is 5.27. The lowest BCUT2D eigenvalue weighted by Gasteiger charge is -2.72. The minimum absolute atomic E-state index is 0.0000391. The van der Waals surface area contributed by atoms with Gasteiger partial charge in [0, 0.05) is 5.92 Å². The average molecular weight is 487 g/mol. The van der Waals surface area contributed by atoms with Gasteiger partial charge in [-0.2, -0.15) is 0 Å². The number of esters is 1. The fourth-order valence-electron chi connectivity index (χ4n) is 11.1. The molecule has 2 N–H and O–H groups in total. The maximum atomic E-state index is 13.1. The summed E-state index contributed by atoms with van der Waals surface area (Å²) in [5.41, 5.74) is 0.740. The largest absolute Gasteiger partial charge is 0.469 e. The van der Waals surface area contributed by atoms with Crippen LogP contribution in [0, 0.1) is 56.7 Å². The molecule has 198 valence electrons. The van der Waals surface area contributed by atoms with Gasteiger partial charge in [-0.3, -0.25) is 4.79 Å². The number of carbonyl (C=O) groups is 1. The van der Waals surface area contributed by atoms with E-state index in [0.717, 1.165) is 19.3 Å². The second-order valence-electron chi connectivity index (χ2n) is 14.8. The lowest BCUT2D eigenvalue weighted by atomic mass is 9.33. The van der Waals surface area contributed by atoms with Gasteiger partial charge in [-0.05, 0) is 104 Å². The Hall–Kier alpha value is -0.870. The topological polar surface area (TPSA) is 66.8 Å². The first-order valence-electron chi connectivity index (χ1n) is 14.4. The Morgan fingerprint density at radius 2 is 1.63 bits per heavy atom. The molecule has 4 saturated carbocycles. The quantitative estimate of drug-likeness (QED) is 0.345. The molecule has 0 aromatic rings. The molecule has 0 aromatic heterocycles. The number of aliphatic hydroxyl groups excluding tert-OH is 2. The zero-order chi connectivity index (χ0) is 25.8. The Labute approximate surface area is 213 Å². The maximum Gasteiger partial charge on any atom is 0.314 e. The molecule has 0 spiro atoms. The Morgan fingerprint density at radius 3 is 2.29 bits per heavy atom. The summed E-state index contributed by atoms with van der Waals surface area (Å²) in [6.45, 7) is 16.6. The zero-order valence-electron chi connectivity index (χ0n) is 23.5. The van der Waals surface area contributed by atoms with Crippen LogP contribution >= 0.6 is 0 Å². The van der Waals surface area contributed by atoms with E-state index in [1.807, 2.05) is 6.92 Å². The van der Waals surface area contributed by atoms with E-state index >= 15 is 0 Å². The van der Waals surface area contributed by atoms with Crippen molar-refractivity contribution in [3.63, 3.8) is 0 Å². The summed E-state index contributed by atoms with van der Waals surface area (Å²) in [6, 6.07) is 0. The van der Waals surface area contributed by atoms with Crippen molar-refractivity contribution in [2.45, 2.75) is 112 Å². The highest BCUT2D eigenvalue weighted by molar-refractivity contribution is 5.78. The summed E-state index contributed by atoms with van der Waals surface area (Å²) in [7, 11) is 1.44. The summed E-state index contributed by atoms with van der Waals surface area (Å²) >= 11 is 0. The third-order valence-electron chi connectivity index (χ3n) is 13.6. The molecule has 0 aliphatic heterocycles. The summed E-state index contributed by atoms with van der Waals surface area (Å²) in [5.74, 6) is 1.66. The summed E-state index contributed by atoms with van der Waals surface area (Å²) in [4.78, 5) is 13.1. The summed E-state index contributed by atoms with van der Waals surface area (Å²) in [5, 5.41) is 23.1. The Bertz CT molecular complexity index is 927. The van der Waals surface area contributed by atoms with Crippen molar-refractivity contribution in [2.75, 3.05) is 7.11 Å². The minimum Gasteiger partial charge on any atom is -0.469 e. The fourth-order valence-corrected chi connectivity index (χ4v) is 11.1. The Morgan fingerprint density at radius 1 is 0.943 bits per heavy atom. The van der Waals surface area contributed by atoms with Crippen molar-refractivity contribution in [3.05, 3.63) is 11.6 Å². The fraction of sp³-hybridized carbons (Fsp3) is 0.903. The molecule has 0 aromatic carbocycles. The van der Waals surface area contributed by atoms with Crippen LogP contribution in [-0.2, 0) is 9.53 Å². The normalized spacial score (nSPS) is 57.7. The molecule has 12 atom stereocenters. The Kier molecular flexibility index (Phi) is 5.76. The molecule has 0 amide bonds. The maximum absolute atomic E-state index is 13.1. The van der Waals surface area contributed by atoms with Crippen molar-refractivity contribution < 1.29 is 19.7 Å². The number of hydrogen-bond donors (Lipinski definition) is 2. The first-order chi connectivity index (χ1) is 16.2. The molecule has 0 bridgehead atoms. The number of rotatable bonds is 1. The monoisotopic (exact) mass is 486 g/mol. The molecule has 5 rings (SSSR count). The third-order valence-corrected chi connectivity index (χ3v) is 13.6. The predicted octanol–water partition coefficient (Wildman–Crippen LogP) is 6.15. The highest BCUT2D eigenvalue weighted by Crippen LogP contribution is 2.75. The van der Waals surface area contributed by atoms with Gasteiger partial charge >= 0.3 is 5.97 Å². The zero-order valence-corrected chi connectivity index (χ0v) is 23.5. The van der Waals surface area contributed by atoms with Gasteiger partial charge in [-0.15, -0.1) is 0 Å². The second kappa shape index (κ2) is 7.82. The number of hydrogen-bond acceptors (Lipinski definition) is 4. The average Bonchev–Trinajstić information content (AvgIpc) is 2.80. The van der Waals surface area contributed by atoms with Crippen LogP contribution < -0.4 is 0 Å². The van der Waals surface area contributed by atoms with Crippen LogP contribution in [0.3, 0.4) is 0 Å². The molecule has 5 aliphatic rings. The molecule has 0 radical (unpaired) electrons. The number of fused-ring (bicyclic) bond motifs is 7. The number of carbonyl (C=O) groups excluding carboxylic acids is 1. The highest BCUT2D eigenvalue weighted by Gasteiger charge is 2.71. The lowest BCUT2D eigenvalue weighted by molar-refractivity contribution is -0.234. The molecule has 5 aliphatic carbocycles. The van der Waals surface area contributed by atoms with E-state index < -0.39 is 17.6 Å². The number of methoxy groups -OCH3 is 1. The van der Waals surface area contributed by atoms with Crippen molar-refractivity contribution in [3.8, 4) is 0 Å².